The average Bonchev–Trinajstić information content (AvgIpc) is 2.52. The Hall–Kier alpha value is -1.18. The van der Waals surface area contributed by atoms with Crippen LogP contribution in [0.25, 0.3) is 0 Å². The molecule has 7 nitrogen and oxygen atoms in total. The molecule has 80 valence electrons. The molecule has 0 bridgehead atoms. The summed E-state index contributed by atoms with van der Waals surface area (Å²) < 4.78 is 4.70. The third-order valence-electron chi connectivity index (χ3n) is 1.74. The normalized spacial score (nSPS) is 23.0. The first-order valence-corrected chi connectivity index (χ1v) is 4.11. The number of methoxy groups -OCH3 is 1. The quantitative estimate of drug-likeness (QED) is 0.469. The highest BCUT2D eigenvalue weighted by molar-refractivity contribution is 5.90. The van der Waals surface area contributed by atoms with Gasteiger partial charge in [-0.2, -0.15) is 0 Å². The third-order valence-corrected chi connectivity index (χ3v) is 1.74. The second kappa shape index (κ2) is 4.89. The first kappa shape index (κ1) is 10.9. The van der Waals surface area contributed by atoms with E-state index < -0.39 is 18.0 Å². The average molecular weight is 203 g/mol. The highest BCUT2D eigenvalue weighted by Crippen LogP contribution is 1.94. The Labute approximate surface area is 80.9 Å². The van der Waals surface area contributed by atoms with E-state index >= 15 is 0 Å². The lowest BCUT2D eigenvalue weighted by atomic mass is 10.2. The molecule has 7 heteroatoms. The molecule has 0 saturated carbocycles. The van der Waals surface area contributed by atoms with Crippen LogP contribution in [0.4, 0.5) is 0 Å². The fraction of sp³-hybridized carbons (Fsp3) is 0.714. The molecule has 0 aliphatic carbocycles. The van der Waals surface area contributed by atoms with Gasteiger partial charge in [-0.3, -0.25) is 14.4 Å². The second-order valence-electron chi connectivity index (χ2n) is 2.90. The number of amides is 2. The van der Waals surface area contributed by atoms with E-state index in [0.717, 1.165) is 0 Å². The smallest absolute Gasteiger partial charge is 0.268 e. The molecule has 14 heavy (non-hydrogen) atoms. The van der Waals surface area contributed by atoms with Crippen LogP contribution in [0.5, 0.6) is 0 Å². The van der Waals surface area contributed by atoms with Crippen molar-refractivity contribution >= 4 is 11.8 Å². The van der Waals surface area contributed by atoms with Gasteiger partial charge in [0.25, 0.3) is 5.91 Å². The molecule has 0 aromatic carbocycles. The molecule has 0 aromatic rings. The van der Waals surface area contributed by atoms with E-state index in [1.807, 2.05) is 0 Å². The van der Waals surface area contributed by atoms with Crippen molar-refractivity contribution in [3.8, 4) is 0 Å². The standard InChI is InChI=1S/C7H13N3O4/c1-13-2-4(8)6(11)9-5-3-14-10-7(5)12/h4-5H,2-3,8H2,1H3,(H,9,11)(H,10,12)/t4?,5-/m1/s1. The summed E-state index contributed by atoms with van der Waals surface area (Å²) in [7, 11) is 1.44. The number of carbonyl (C=O) groups excluding carboxylic acids is 2. The molecule has 2 atom stereocenters. The van der Waals surface area contributed by atoms with E-state index in [1.165, 1.54) is 7.11 Å². The monoisotopic (exact) mass is 203 g/mol. The van der Waals surface area contributed by atoms with Crippen LogP contribution in [-0.2, 0) is 19.2 Å². The summed E-state index contributed by atoms with van der Waals surface area (Å²) in [5.41, 5.74) is 7.56. The lowest BCUT2D eigenvalue weighted by molar-refractivity contribution is -0.129. The Bertz CT molecular complexity index is 233. The largest absolute Gasteiger partial charge is 0.383 e. The fourth-order valence-corrected chi connectivity index (χ4v) is 0.984. The topological polar surface area (TPSA) is 103 Å². The van der Waals surface area contributed by atoms with Gasteiger partial charge in [-0.05, 0) is 0 Å². The minimum absolute atomic E-state index is 0.112. The predicted octanol–water partition coefficient (Wildman–Crippen LogP) is -2.49. The zero-order valence-electron chi connectivity index (χ0n) is 7.78. The zero-order valence-corrected chi connectivity index (χ0v) is 7.78. The summed E-state index contributed by atoms with van der Waals surface area (Å²) in [6.45, 7) is 0.227. The van der Waals surface area contributed by atoms with Crippen LogP contribution in [0.3, 0.4) is 0 Å². The molecule has 1 aliphatic rings. The fourth-order valence-electron chi connectivity index (χ4n) is 0.984. The van der Waals surface area contributed by atoms with Crippen LogP contribution >= 0.6 is 0 Å². The van der Waals surface area contributed by atoms with Gasteiger partial charge in [0.2, 0.25) is 5.91 Å². The van der Waals surface area contributed by atoms with Crippen molar-refractivity contribution in [2.75, 3.05) is 20.3 Å². The Kier molecular flexibility index (Phi) is 3.81. The van der Waals surface area contributed by atoms with Crippen LogP contribution in [0, 0.1) is 0 Å². The number of nitrogens with two attached hydrogens (primary N) is 1. The Morgan fingerprint density at radius 2 is 2.64 bits per heavy atom. The van der Waals surface area contributed by atoms with Gasteiger partial charge in [0, 0.05) is 7.11 Å². The van der Waals surface area contributed by atoms with E-state index in [0.29, 0.717) is 0 Å². The van der Waals surface area contributed by atoms with Crippen LogP contribution in [0.2, 0.25) is 0 Å². The van der Waals surface area contributed by atoms with Crippen LogP contribution < -0.4 is 16.5 Å². The van der Waals surface area contributed by atoms with E-state index in [2.05, 4.69) is 15.6 Å². The Morgan fingerprint density at radius 3 is 3.14 bits per heavy atom. The lowest BCUT2D eigenvalue weighted by Crippen LogP contribution is -2.50. The Morgan fingerprint density at radius 1 is 1.93 bits per heavy atom. The maximum atomic E-state index is 11.3. The number of ether oxygens (including phenoxy) is 1. The molecule has 0 aromatic heterocycles. The number of hydrogen-bond donors (Lipinski definition) is 3. The summed E-state index contributed by atoms with van der Waals surface area (Å²) in [5, 5.41) is 2.43. The Balaban J connectivity index is 2.36. The maximum Gasteiger partial charge on any atom is 0.268 e. The van der Waals surface area contributed by atoms with Crippen molar-refractivity contribution in [3.63, 3.8) is 0 Å². The predicted molar refractivity (Wildman–Crippen MR) is 45.9 cm³/mol. The van der Waals surface area contributed by atoms with E-state index in [9.17, 15) is 9.59 Å². The summed E-state index contributed by atoms with van der Waals surface area (Å²) in [5.74, 6) is -0.805. The van der Waals surface area contributed by atoms with Crippen molar-refractivity contribution in [1.29, 1.82) is 0 Å². The summed E-state index contributed by atoms with van der Waals surface area (Å²) in [4.78, 5) is 26.9. The number of carbonyl (C=O) groups is 2. The molecule has 1 unspecified atom stereocenters. The van der Waals surface area contributed by atoms with Gasteiger partial charge in [-0.15, -0.1) is 0 Å². The third kappa shape index (κ3) is 2.66. The van der Waals surface area contributed by atoms with Crippen molar-refractivity contribution in [3.05, 3.63) is 0 Å². The zero-order chi connectivity index (χ0) is 10.6. The molecule has 0 radical (unpaired) electrons. The van der Waals surface area contributed by atoms with Crippen molar-refractivity contribution < 1.29 is 19.2 Å². The minimum atomic E-state index is -0.770. The second-order valence-corrected chi connectivity index (χ2v) is 2.90. The number of rotatable bonds is 4. The molecule has 2 amide bonds. The van der Waals surface area contributed by atoms with Gasteiger partial charge in [-0.25, -0.2) is 5.48 Å². The molecule has 4 N–H and O–H groups in total. The molecule has 1 saturated heterocycles. The van der Waals surface area contributed by atoms with E-state index in [4.69, 9.17) is 10.5 Å². The van der Waals surface area contributed by atoms with Crippen LogP contribution in [-0.4, -0.2) is 44.2 Å². The highest BCUT2D eigenvalue weighted by atomic mass is 16.7. The van der Waals surface area contributed by atoms with Crippen molar-refractivity contribution in [2.45, 2.75) is 12.1 Å². The summed E-state index contributed by atoms with van der Waals surface area (Å²) in [6.07, 6.45) is 0. The van der Waals surface area contributed by atoms with Crippen molar-refractivity contribution in [1.82, 2.24) is 10.8 Å². The van der Waals surface area contributed by atoms with Crippen LogP contribution in [0.15, 0.2) is 0 Å². The molecular weight excluding hydrogens is 190 g/mol. The van der Waals surface area contributed by atoms with Crippen molar-refractivity contribution in [2.24, 2.45) is 5.73 Å². The molecule has 1 rings (SSSR count). The molecule has 1 aliphatic heterocycles. The van der Waals surface area contributed by atoms with Gasteiger partial charge >= 0.3 is 0 Å². The first-order valence-electron chi connectivity index (χ1n) is 4.11. The minimum Gasteiger partial charge on any atom is -0.383 e. The SMILES string of the molecule is COCC(N)C(=O)N[C@@H]1CONC1=O. The van der Waals surface area contributed by atoms with Gasteiger partial charge in [0.15, 0.2) is 0 Å². The highest BCUT2D eigenvalue weighted by Gasteiger charge is 2.28. The van der Waals surface area contributed by atoms with E-state index in [1.54, 1.807) is 0 Å². The van der Waals surface area contributed by atoms with Crippen LogP contribution in [0.1, 0.15) is 0 Å². The van der Waals surface area contributed by atoms with Gasteiger partial charge < -0.3 is 15.8 Å². The summed E-state index contributed by atoms with van der Waals surface area (Å²) >= 11 is 0. The van der Waals surface area contributed by atoms with E-state index in [-0.39, 0.29) is 19.1 Å². The molecule has 1 heterocycles. The lowest BCUT2D eigenvalue weighted by Gasteiger charge is -2.13. The summed E-state index contributed by atoms with van der Waals surface area (Å²) in [6, 6.07) is -1.43. The molecule has 0 spiro atoms. The number of hydrogen-bond acceptors (Lipinski definition) is 5. The first-order chi connectivity index (χ1) is 6.65. The van der Waals surface area contributed by atoms with Gasteiger partial charge in [0.1, 0.15) is 18.7 Å². The maximum absolute atomic E-state index is 11.3. The van der Waals surface area contributed by atoms with Gasteiger partial charge in [-0.1, -0.05) is 0 Å². The number of hydroxylamine groups is 1. The molecule has 1 fully saturated rings. The molecular formula is C7H13N3O4. The number of nitrogens with one attached hydrogen (secondary N) is 2. The van der Waals surface area contributed by atoms with Gasteiger partial charge in [0.05, 0.1) is 6.61 Å².